The molecule has 0 saturated carbocycles. The van der Waals surface area contributed by atoms with Crippen molar-refractivity contribution in [3.8, 4) is 0 Å². The summed E-state index contributed by atoms with van der Waals surface area (Å²) in [7, 11) is 5.91. The van der Waals surface area contributed by atoms with Gasteiger partial charge in [-0.05, 0) is 96.3 Å². The van der Waals surface area contributed by atoms with Crippen LogP contribution in [0.15, 0.2) is 109 Å². The average Bonchev–Trinajstić information content (AvgIpc) is 3.50. The molecular formula is C78H135NO8. The van der Waals surface area contributed by atoms with Gasteiger partial charge < -0.3 is 33.3 Å². The minimum Gasteiger partial charge on any atom is -0.545 e. The summed E-state index contributed by atoms with van der Waals surface area (Å²) < 4.78 is 22.7. The van der Waals surface area contributed by atoms with Gasteiger partial charge in [-0.1, -0.05) is 309 Å². The fourth-order valence-electron chi connectivity index (χ4n) is 10.0. The molecule has 0 rings (SSSR count). The average molecular weight is 1210 g/mol. The number of aliphatic carboxylic acids is 1. The van der Waals surface area contributed by atoms with Gasteiger partial charge in [-0.25, -0.2) is 0 Å². The summed E-state index contributed by atoms with van der Waals surface area (Å²) in [5.41, 5.74) is 0. The van der Waals surface area contributed by atoms with Crippen molar-refractivity contribution in [1.29, 1.82) is 0 Å². The second kappa shape index (κ2) is 67.9. The van der Waals surface area contributed by atoms with Crippen LogP contribution < -0.4 is 5.11 Å². The molecule has 0 heterocycles. The van der Waals surface area contributed by atoms with Gasteiger partial charge in [-0.2, -0.15) is 0 Å². The van der Waals surface area contributed by atoms with Gasteiger partial charge in [0.2, 0.25) is 0 Å². The van der Waals surface area contributed by atoms with Crippen LogP contribution in [-0.2, 0) is 33.3 Å². The van der Waals surface area contributed by atoms with Crippen LogP contribution in [0, 0.1) is 0 Å². The Labute approximate surface area is 536 Å². The lowest BCUT2D eigenvalue weighted by Gasteiger charge is -2.26. The number of nitrogens with zero attached hydrogens (tertiary/aromatic N) is 1. The highest BCUT2D eigenvalue weighted by Crippen LogP contribution is 2.18. The van der Waals surface area contributed by atoms with Gasteiger partial charge in [0.05, 0.1) is 40.3 Å². The van der Waals surface area contributed by atoms with Crippen LogP contribution in [-0.4, -0.2) is 82.3 Å². The summed E-state index contributed by atoms with van der Waals surface area (Å²) in [6.45, 7) is 4.58. The fourth-order valence-corrected chi connectivity index (χ4v) is 10.0. The lowest BCUT2D eigenvalue weighted by molar-refractivity contribution is -0.870. The third kappa shape index (κ3) is 69.3. The highest BCUT2D eigenvalue weighted by atomic mass is 16.7. The number of quaternary nitrogens is 1. The Morgan fingerprint density at radius 1 is 0.356 bits per heavy atom. The number of carboxylic acids is 1. The van der Waals surface area contributed by atoms with Crippen molar-refractivity contribution in [2.45, 2.75) is 322 Å². The minimum absolute atomic E-state index is 0.133. The molecule has 0 aromatic heterocycles. The zero-order chi connectivity index (χ0) is 63.3. The van der Waals surface area contributed by atoms with Crippen LogP contribution in [0.5, 0.6) is 0 Å². The van der Waals surface area contributed by atoms with Crippen LogP contribution in [0.4, 0.5) is 0 Å². The van der Waals surface area contributed by atoms with Crippen LogP contribution in [0.25, 0.3) is 0 Å². The summed E-state index contributed by atoms with van der Waals surface area (Å²) in [4.78, 5) is 37.4. The molecule has 0 amide bonds. The Morgan fingerprint density at radius 2 is 0.667 bits per heavy atom. The maximum absolute atomic E-state index is 12.9. The lowest BCUT2D eigenvalue weighted by Crippen LogP contribution is -2.44. The van der Waals surface area contributed by atoms with E-state index in [1.165, 1.54) is 199 Å². The maximum Gasteiger partial charge on any atom is 0.306 e. The van der Waals surface area contributed by atoms with E-state index in [1.54, 1.807) is 0 Å². The smallest absolute Gasteiger partial charge is 0.306 e. The van der Waals surface area contributed by atoms with Crippen molar-refractivity contribution >= 4 is 17.9 Å². The number of carbonyl (C=O) groups excluding carboxylic acids is 3. The largest absolute Gasteiger partial charge is 0.545 e. The molecule has 0 aliphatic rings. The van der Waals surface area contributed by atoms with Gasteiger partial charge in [-0.15, -0.1) is 0 Å². The van der Waals surface area contributed by atoms with Crippen LogP contribution >= 0.6 is 0 Å². The van der Waals surface area contributed by atoms with E-state index < -0.39 is 24.3 Å². The highest BCUT2D eigenvalue weighted by molar-refractivity contribution is 5.70. The zero-order valence-corrected chi connectivity index (χ0v) is 57.1. The number of rotatable bonds is 66. The number of allylic oxidation sites excluding steroid dienone is 18. The van der Waals surface area contributed by atoms with Crippen molar-refractivity contribution < 1.29 is 42.9 Å². The first kappa shape index (κ1) is 83.0. The molecule has 0 aromatic carbocycles. The Kier molecular flexibility index (Phi) is 64.7. The number of ether oxygens (including phenoxy) is 4. The second-order valence-corrected chi connectivity index (χ2v) is 25.1. The third-order valence-electron chi connectivity index (χ3n) is 15.5. The first-order chi connectivity index (χ1) is 42.6. The summed E-state index contributed by atoms with van der Waals surface area (Å²) in [5, 5.41) is 11.8. The monoisotopic (exact) mass is 1210 g/mol. The molecule has 2 unspecified atom stereocenters. The van der Waals surface area contributed by atoms with E-state index in [1.807, 2.05) is 21.1 Å². The Bertz CT molecular complexity index is 1800. The Hall–Kier alpha value is -4.05. The number of likely N-dealkylation sites (N-methyl/N-ethyl adjacent to an activating group) is 1. The van der Waals surface area contributed by atoms with E-state index in [0.717, 1.165) is 70.6 Å². The van der Waals surface area contributed by atoms with Crippen LogP contribution in [0.2, 0.25) is 0 Å². The van der Waals surface area contributed by atoms with Crippen LogP contribution in [0.3, 0.4) is 0 Å². The van der Waals surface area contributed by atoms with Crippen molar-refractivity contribution in [2.24, 2.45) is 0 Å². The molecule has 0 aliphatic heterocycles. The first-order valence-corrected chi connectivity index (χ1v) is 36.0. The van der Waals surface area contributed by atoms with Gasteiger partial charge in [0, 0.05) is 12.8 Å². The summed E-state index contributed by atoms with van der Waals surface area (Å²) in [5.74, 6) is -2.36. The molecule has 0 aromatic rings. The maximum atomic E-state index is 12.9. The van der Waals surface area contributed by atoms with E-state index in [9.17, 15) is 19.5 Å². The number of hydrogen-bond donors (Lipinski definition) is 0. The molecule has 9 heteroatoms. The summed E-state index contributed by atoms with van der Waals surface area (Å²) >= 11 is 0. The molecular weight excluding hydrogens is 1080 g/mol. The minimum atomic E-state index is -1.64. The fraction of sp³-hybridized carbons (Fsp3) is 0.731. The second-order valence-electron chi connectivity index (χ2n) is 25.1. The molecule has 0 radical (unpaired) electrons. The molecule has 2 atom stereocenters. The molecule has 0 spiro atoms. The predicted octanol–water partition coefficient (Wildman–Crippen LogP) is 21.2. The SMILES string of the molecule is CC/C=C\C/C=C\C/C=C\C/C=C\C/C=C\C/C=C\C/C=C\CCCC(=O)OC(COC(=O)CCCCCCCCCCCCCCCCCCCCCCCCCCCCC/C=C\C/C=C\CCCCCCC)COC(OCC[N+](C)(C)C)C(=O)[O-]. The lowest BCUT2D eigenvalue weighted by atomic mass is 10.0. The first-order valence-electron chi connectivity index (χ1n) is 36.0. The highest BCUT2D eigenvalue weighted by Gasteiger charge is 2.22. The topological polar surface area (TPSA) is 111 Å². The summed E-state index contributed by atoms with van der Waals surface area (Å²) in [6, 6.07) is 0. The Balaban J connectivity index is 4.06. The van der Waals surface area contributed by atoms with Gasteiger partial charge in [-0.3, -0.25) is 9.59 Å². The van der Waals surface area contributed by atoms with Crippen molar-refractivity contribution in [3.05, 3.63) is 109 Å². The van der Waals surface area contributed by atoms with E-state index in [0.29, 0.717) is 23.9 Å². The quantitative estimate of drug-likeness (QED) is 0.0195. The van der Waals surface area contributed by atoms with E-state index in [4.69, 9.17) is 18.9 Å². The predicted molar refractivity (Wildman–Crippen MR) is 370 cm³/mol. The molecule has 0 saturated heterocycles. The zero-order valence-electron chi connectivity index (χ0n) is 57.1. The molecule has 0 N–H and O–H groups in total. The third-order valence-corrected chi connectivity index (χ3v) is 15.5. The van der Waals surface area contributed by atoms with Crippen LogP contribution in [0.1, 0.15) is 309 Å². The van der Waals surface area contributed by atoms with Gasteiger partial charge in [0.25, 0.3) is 0 Å². The number of unbranched alkanes of at least 4 members (excludes halogenated alkanes) is 33. The van der Waals surface area contributed by atoms with Crippen molar-refractivity contribution in [2.75, 3.05) is 47.5 Å². The standard InChI is InChI=1S/C78H135NO8/c1-6-8-10-12-14-16-18-20-22-24-26-28-30-31-32-33-34-35-36-37-38-39-40-41-42-43-44-45-47-48-50-52-54-56-58-60-62-64-66-68-75(80)85-72-74(73-86-78(77(82)83)84-71-70-79(3,4)5)87-76(81)69-67-65-63-61-59-57-55-53-51-49-46-29-27-25-23-21-19-17-15-13-11-9-7-2/h9,11,15,17-18,20-21,23-24,26-27,29,49,51,55,57,61,63,74,78H,6-8,10,12-14,16,19,22,25,28,30-48,50,52-54,56,58-60,62,64-73H2,1-5H3/b11-9-,17-15-,20-18-,23-21-,26-24-,29-27-,51-49-,57-55-,63-61-. The van der Waals surface area contributed by atoms with Gasteiger partial charge in [0.15, 0.2) is 12.4 Å². The normalized spacial score (nSPS) is 13.3. The van der Waals surface area contributed by atoms with Gasteiger partial charge in [0.1, 0.15) is 13.2 Å². The number of hydrogen-bond acceptors (Lipinski definition) is 8. The molecule has 87 heavy (non-hydrogen) atoms. The molecule has 0 bridgehead atoms. The van der Waals surface area contributed by atoms with Gasteiger partial charge >= 0.3 is 11.9 Å². The molecule has 0 aliphatic carbocycles. The summed E-state index contributed by atoms with van der Waals surface area (Å²) in [6.07, 6.45) is 92.1. The number of carboxylic acid groups (broad SMARTS) is 1. The van der Waals surface area contributed by atoms with Crippen molar-refractivity contribution in [1.82, 2.24) is 0 Å². The van der Waals surface area contributed by atoms with E-state index in [-0.39, 0.29) is 38.6 Å². The molecule has 9 nitrogen and oxygen atoms in total. The van der Waals surface area contributed by atoms with E-state index in [2.05, 4.69) is 123 Å². The number of esters is 2. The van der Waals surface area contributed by atoms with Crippen molar-refractivity contribution in [3.63, 3.8) is 0 Å². The number of carbonyl (C=O) groups is 3. The molecule has 0 fully saturated rings. The Morgan fingerprint density at radius 3 is 1.01 bits per heavy atom. The van der Waals surface area contributed by atoms with E-state index >= 15 is 0 Å². The molecule has 500 valence electrons.